The van der Waals surface area contributed by atoms with Gasteiger partial charge in [0.25, 0.3) is 5.91 Å². The molecule has 0 fully saturated rings. The van der Waals surface area contributed by atoms with Crippen molar-refractivity contribution in [3.05, 3.63) is 64.4 Å². The van der Waals surface area contributed by atoms with E-state index in [-0.39, 0.29) is 5.91 Å². The summed E-state index contributed by atoms with van der Waals surface area (Å²) in [6, 6.07) is 10.7. The highest BCUT2D eigenvalue weighted by Gasteiger charge is 2.09. The Bertz CT molecular complexity index is 1120. The van der Waals surface area contributed by atoms with Gasteiger partial charge in [-0.2, -0.15) is 0 Å². The first kappa shape index (κ1) is 14.3. The Balaban J connectivity index is 1.53. The van der Waals surface area contributed by atoms with Crippen molar-refractivity contribution >= 4 is 28.0 Å². The van der Waals surface area contributed by atoms with Gasteiger partial charge in [-0.25, -0.2) is 9.78 Å². The molecule has 0 aliphatic rings. The molecule has 2 heterocycles. The number of nitrogens with zero attached hydrogens (tertiary/aromatic N) is 2. The molecular weight excluding hydrogens is 308 g/mol. The first-order valence-corrected chi connectivity index (χ1v) is 7.41. The highest BCUT2D eigenvalue weighted by atomic mass is 16.4. The Hall–Kier alpha value is -3.35. The van der Waals surface area contributed by atoms with Crippen LogP contribution in [0.2, 0.25) is 0 Å². The summed E-state index contributed by atoms with van der Waals surface area (Å²) >= 11 is 0. The van der Waals surface area contributed by atoms with Crippen LogP contribution in [0.1, 0.15) is 15.9 Å². The lowest BCUT2D eigenvalue weighted by molar-refractivity contribution is 0.0951. The van der Waals surface area contributed by atoms with E-state index in [1.54, 1.807) is 43.7 Å². The van der Waals surface area contributed by atoms with Crippen LogP contribution in [0.5, 0.6) is 0 Å². The van der Waals surface area contributed by atoms with Crippen LogP contribution >= 0.6 is 0 Å². The molecule has 4 rings (SSSR count). The third-order valence-corrected chi connectivity index (χ3v) is 3.99. The SMILES string of the molecule is Cn1c(=O)oc2cc(CNC(=O)c3ccc4nc[nH]c4c3)ccc21. The zero-order chi connectivity index (χ0) is 16.7. The van der Waals surface area contributed by atoms with Crippen LogP contribution in [-0.4, -0.2) is 20.4 Å². The number of fused-ring (bicyclic) bond motifs is 2. The van der Waals surface area contributed by atoms with Gasteiger partial charge in [0.1, 0.15) is 0 Å². The van der Waals surface area contributed by atoms with E-state index in [9.17, 15) is 9.59 Å². The Morgan fingerprint density at radius 3 is 3.04 bits per heavy atom. The molecule has 0 unspecified atom stereocenters. The van der Waals surface area contributed by atoms with Crippen molar-refractivity contribution in [2.75, 3.05) is 0 Å². The summed E-state index contributed by atoms with van der Waals surface area (Å²) in [5, 5.41) is 2.86. The zero-order valence-electron chi connectivity index (χ0n) is 12.9. The minimum Gasteiger partial charge on any atom is -0.408 e. The van der Waals surface area contributed by atoms with E-state index in [0.29, 0.717) is 17.7 Å². The number of oxazole rings is 1. The number of aryl methyl sites for hydroxylation is 1. The molecule has 120 valence electrons. The van der Waals surface area contributed by atoms with Crippen molar-refractivity contribution in [2.45, 2.75) is 6.54 Å². The van der Waals surface area contributed by atoms with Crippen LogP contribution in [0, 0.1) is 0 Å². The van der Waals surface area contributed by atoms with E-state index in [0.717, 1.165) is 22.1 Å². The minimum absolute atomic E-state index is 0.180. The van der Waals surface area contributed by atoms with Gasteiger partial charge in [0.2, 0.25) is 0 Å². The zero-order valence-corrected chi connectivity index (χ0v) is 12.9. The second-order valence-electron chi connectivity index (χ2n) is 5.55. The second-order valence-corrected chi connectivity index (χ2v) is 5.55. The minimum atomic E-state index is -0.404. The van der Waals surface area contributed by atoms with Gasteiger partial charge in [-0.15, -0.1) is 0 Å². The van der Waals surface area contributed by atoms with Crippen LogP contribution in [0.4, 0.5) is 0 Å². The topological polar surface area (TPSA) is 92.9 Å². The number of hydrogen-bond donors (Lipinski definition) is 2. The largest absolute Gasteiger partial charge is 0.419 e. The lowest BCUT2D eigenvalue weighted by atomic mass is 10.1. The normalized spacial score (nSPS) is 11.2. The third kappa shape index (κ3) is 2.36. The van der Waals surface area contributed by atoms with Gasteiger partial charge in [-0.3, -0.25) is 9.36 Å². The summed E-state index contributed by atoms with van der Waals surface area (Å²) in [6.07, 6.45) is 1.59. The number of H-pyrrole nitrogens is 1. The Morgan fingerprint density at radius 2 is 2.17 bits per heavy atom. The first-order valence-electron chi connectivity index (χ1n) is 7.41. The Labute approximate surface area is 135 Å². The average molecular weight is 322 g/mol. The van der Waals surface area contributed by atoms with E-state index in [1.165, 1.54) is 4.57 Å². The maximum atomic E-state index is 12.3. The number of imidazole rings is 1. The number of hydrogen-bond acceptors (Lipinski definition) is 4. The molecule has 24 heavy (non-hydrogen) atoms. The lowest BCUT2D eigenvalue weighted by Crippen LogP contribution is -2.22. The van der Waals surface area contributed by atoms with Crippen molar-refractivity contribution in [1.29, 1.82) is 0 Å². The molecule has 0 aliphatic heterocycles. The standard InChI is InChI=1S/C17H14N4O3/c1-21-14-5-2-10(6-15(14)24-17(21)23)8-18-16(22)11-3-4-12-13(7-11)20-9-19-12/h2-7,9H,8H2,1H3,(H,18,22)(H,19,20). The molecule has 2 aromatic carbocycles. The molecule has 7 nitrogen and oxygen atoms in total. The monoisotopic (exact) mass is 322 g/mol. The quantitative estimate of drug-likeness (QED) is 0.603. The van der Waals surface area contributed by atoms with E-state index < -0.39 is 5.76 Å². The summed E-state index contributed by atoms with van der Waals surface area (Å²) in [5.74, 6) is -0.583. The van der Waals surface area contributed by atoms with Crippen LogP contribution in [0.15, 0.2) is 51.9 Å². The number of aromatic amines is 1. The van der Waals surface area contributed by atoms with Gasteiger partial charge in [0, 0.05) is 19.2 Å². The van der Waals surface area contributed by atoms with Crippen molar-refractivity contribution in [2.24, 2.45) is 7.05 Å². The number of amides is 1. The van der Waals surface area contributed by atoms with Gasteiger partial charge < -0.3 is 14.7 Å². The molecular formula is C17H14N4O3. The van der Waals surface area contributed by atoms with Crippen molar-refractivity contribution in [3.63, 3.8) is 0 Å². The predicted molar refractivity (Wildman–Crippen MR) is 88.7 cm³/mol. The van der Waals surface area contributed by atoms with E-state index in [2.05, 4.69) is 15.3 Å². The third-order valence-electron chi connectivity index (χ3n) is 3.99. The maximum Gasteiger partial charge on any atom is 0.419 e. The highest BCUT2D eigenvalue weighted by Crippen LogP contribution is 2.15. The van der Waals surface area contributed by atoms with Gasteiger partial charge in [-0.1, -0.05) is 6.07 Å². The van der Waals surface area contributed by atoms with E-state index in [4.69, 9.17) is 4.42 Å². The molecule has 1 amide bonds. The molecule has 4 aromatic rings. The van der Waals surface area contributed by atoms with Gasteiger partial charge in [-0.05, 0) is 35.9 Å². The van der Waals surface area contributed by atoms with Gasteiger partial charge in [0.15, 0.2) is 5.58 Å². The predicted octanol–water partition coefficient (Wildman–Crippen LogP) is 1.94. The number of rotatable bonds is 3. The van der Waals surface area contributed by atoms with Crippen molar-refractivity contribution in [1.82, 2.24) is 19.9 Å². The average Bonchev–Trinajstić information content (AvgIpc) is 3.16. The molecule has 0 atom stereocenters. The van der Waals surface area contributed by atoms with Crippen LogP contribution in [0.3, 0.4) is 0 Å². The fourth-order valence-corrected chi connectivity index (χ4v) is 2.65. The van der Waals surface area contributed by atoms with Crippen molar-refractivity contribution in [3.8, 4) is 0 Å². The fraction of sp³-hybridized carbons (Fsp3) is 0.118. The summed E-state index contributed by atoms with van der Waals surface area (Å²) in [7, 11) is 1.65. The Kier molecular flexibility index (Phi) is 3.19. The molecule has 0 aliphatic carbocycles. The number of carbonyl (C=O) groups is 1. The Morgan fingerprint density at radius 1 is 1.29 bits per heavy atom. The molecule has 0 saturated heterocycles. The smallest absolute Gasteiger partial charge is 0.408 e. The summed E-state index contributed by atoms with van der Waals surface area (Å²) in [5.41, 5.74) is 4.27. The number of carbonyl (C=O) groups excluding carboxylic acids is 1. The van der Waals surface area contributed by atoms with E-state index >= 15 is 0 Å². The van der Waals surface area contributed by atoms with Crippen LogP contribution in [-0.2, 0) is 13.6 Å². The maximum absolute atomic E-state index is 12.3. The molecule has 0 spiro atoms. The summed E-state index contributed by atoms with van der Waals surface area (Å²) < 4.78 is 6.60. The molecule has 2 N–H and O–H groups in total. The van der Waals surface area contributed by atoms with Crippen LogP contribution < -0.4 is 11.1 Å². The second kappa shape index (κ2) is 5.38. The highest BCUT2D eigenvalue weighted by molar-refractivity contribution is 5.97. The lowest BCUT2D eigenvalue weighted by Gasteiger charge is -2.05. The van der Waals surface area contributed by atoms with E-state index in [1.807, 2.05) is 6.07 Å². The van der Waals surface area contributed by atoms with Crippen molar-refractivity contribution < 1.29 is 9.21 Å². The van der Waals surface area contributed by atoms with Gasteiger partial charge in [0.05, 0.1) is 22.9 Å². The molecule has 2 aromatic heterocycles. The molecule has 7 heteroatoms. The summed E-state index contributed by atoms with van der Waals surface area (Å²) in [6.45, 7) is 0.342. The van der Waals surface area contributed by atoms with Gasteiger partial charge >= 0.3 is 5.76 Å². The number of benzene rings is 2. The molecule has 0 radical (unpaired) electrons. The molecule has 0 bridgehead atoms. The fourth-order valence-electron chi connectivity index (χ4n) is 2.65. The van der Waals surface area contributed by atoms with Crippen LogP contribution in [0.25, 0.3) is 22.1 Å². The first-order chi connectivity index (χ1) is 11.6. The number of nitrogens with one attached hydrogen (secondary N) is 2. The molecule has 0 saturated carbocycles. The summed E-state index contributed by atoms with van der Waals surface area (Å²) in [4.78, 5) is 30.9. The number of aromatic nitrogens is 3.